The van der Waals surface area contributed by atoms with E-state index in [-0.39, 0.29) is 0 Å². The minimum absolute atomic E-state index is 0.754. The maximum absolute atomic E-state index is 3.47. The number of piperazine rings is 1. The average molecular weight is 196 g/mol. The number of rotatable bonds is 2. The highest BCUT2D eigenvalue weighted by Crippen LogP contribution is 2.32. The van der Waals surface area contributed by atoms with Crippen molar-refractivity contribution >= 4 is 0 Å². The molecule has 1 N–H and O–H groups in total. The fraction of sp³-hybridized carbons (Fsp3) is 1.00. The van der Waals surface area contributed by atoms with Crippen LogP contribution in [0.15, 0.2) is 0 Å². The Kier molecular flexibility index (Phi) is 3.45. The van der Waals surface area contributed by atoms with Crippen molar-refractivity contribution in [2.75, 3.05) is 19.6 Å². The molecule has 1 saturated heterocycles. The summed E-state index contributed by atoms with van der Waals surface area (Å²) in [4.78, 5) is 2.74. The first kappa shape index (κ1) is 10.4. The lowest BCUT2D eigenvalue weighted by atomic mass is 10.0. The molecule has 2 fully saturated rings. The van der Waals surface area contributed by atoms with Crippen molar-refractivity contribution in [2.24, 2.45) is 5.92 Å². The molecule has 0 bridgehead atoms. The van der Waals surface area contributed by atoms with Gasteiger partial charge in [-0.3, -0.25) is 4.90 Å². The molecular formula is C12H24N2. The summed E-state index contributed by atoms with van der Waals surface area (Å²) in [7, 11) is 0. The molecule has 2 aliphatic rings. The third kappa shape index (κ3) is 2.12. The first-order chi connectivity index (χ1) is 6.81. The molecule has 2 nitrogen and oxygen atoms in total. The van der Waals surface area contributed by atoms with Gasteiger partial charge in [-0.15, -0.1) is 0 Å². The molecular weight excluding hydrogens is 172 g/mol. The largest absolute Gasteiger partial charge is 0.314 e. The molecule has 0 spiro atoms. The lowest BCUT2D eigenvalue weighted by Gasteiger charge is -2.38. The van der Waals surface area contributed by atoms with Crippen LogP contribution in [0.3, 0.4) is 0 Å². The third-order valence-electron chi connectivity index (χ3n) is 4.11. The van der Waals surface area contributed by atoms with Crippen LogP contribution in [0.4, 0.5) is 0 Å². The van der Waals surface area contributed by atoms with E-state index in [1.54, 1.807) is 0 Å². The molecule has 1 aliphatic carbocycles. The SMILES string of the molecule is CCC1CCC(N2CCNC[C@H]2C)C1. The molecule has 2 heteroatoms. The van der Waals surface area contributed by atoms with Crippen molar-refractivity contribution in [3.8, 4) is 0 Å². The second-order valence-corrected chi connectivity index (χ2v) is 5.03. The first-order valence-corrected chi connectivity index (χ1v) is 6.27. The van der Waals surface area contributed by atoms with Gasteiger partial charge in [0.15, 0.2) is 0 Å². The van der Waals surface area contributed by atoms with Gasteiger partial charge in [-0.1, -0.05) is 13.3 Å². The fourth-order valence-electron chi connectivity index (χ4n) is 3.12. The second-order valence-electron chi connectivity index (χ2n) is 5.03. The van der Waals surface area contributed by atoms with Crippen molar-refractivity contribution < 1.29 is 0 Å². The summed E-state index contributed by atoms with van der Waals surface area (Å²) in [5.74, 6) is 1.02. The van der Waals surface area contributed by atoms with Crippen LogP contribution >= 0.6 is 0 Å². The van der Waals surface area contributed by atoms with Crippen molar-refractivity contribution in [2.45, 2.75) is 51.6 Å². The smallest absolute Gasteiger partial charge is 0.0195 e. The van der Waals surface area contributed by atoms with Crippen molar-refractivity contribution in [3.05, 3.63) is 0 Å². The number of nitrogens with zero attached hydrogens (tertiary/aromatic N) is 1. The number of hydrogen-bond donors (Lipinski definition) is 1. The van der Waals surface area contributed by atoms with Crippen LogP contribution in [0.2, 0.25) is 0 Å². The van der Waals surface area contributed by atoms with Crippen LogP contribution in [0.1, 0.15) is 39.5 Å². The Labute approximate surface area is 88.1 Å². The molecule has 82 valence electrons. The van der Waals surface area contributed by atoms with Gasteiger partial charge in [-0.25, -0.2) is 0 Å². The third-order valence-corrected chi connectivity index (χ3v) is 4.11. The summed E-state index contributed by atoms with van der Waals surface area (Å²) >= 11 is 0. The highest BCUT2D eigenvalue weighted by atomic mass is 15.2. The normalized spacial score (nSPS) is 40.3. The van der Waals surface area contributed by atoms with Gasteiger partial charge in [-0.2, -0.15) is 0 Å². The second kappa shape index (κ2) is 4.63. The lowest BCUT2D eigenvalue weighted by molar-refractivity contribution is 0.116. The van der Waals surface area contributed by atoms with Crippen molar-refractivity contribution in [3.63, 3.8) is 0 Å². The molecule has 3 atom stereocenters. The van der Waals surface area contributed by atoms with Crippen molar-refractivity contribution in [1.29, 1.82) is 0 Å². The molecule has 0 aromatic heterocycles. The molecule has 1 saturated carbocycles. The van der Waals surface area contributed by atoms with Gasteiger partial charge < -0.3 is 5.32 Å². The Hall–Kier alpha value is -0.0800. The Bertz CT molecular complexity index is 181. The van der Waals surface area contributed by atoms with E-state index in [0.29, 0.717) is 0 Å². The molecule has 1 heterocycles. The number of nitrogens with one attached hydrogen (secondary N) is 1. The Morgan fingerprint density at radius 2 is 2.21 bits per heavy atom. The zero-order valence-electron chi connectivity index (χ0n) is 9.63. The summed E-state index contributed by atoms with van der Waals surface area (Å²) in [6, 6.07) is 1.65. The molecule has 0 aromatic rings. The topological polar surface area (TPSA) is 15.3 Å². The van der Waals surface area contributed by atoms with Gasteiger partial charge in [-0.05, 0) is 32.1 Å². The predicted molar refractivity (Wildman–Crippen MR) is 60.5 cm³/mol. The van der Waals surface area contributed by atoms with Gasteiger partial charge in [0.2, 0.25) is 0 Å². The van der Waals surface area contributed by atoms with Gasteiger partial charge >= 0.3 is 0 Å². The lowest BCUT2D eigenvalue weighted by Crippen LogP contribution is -2.53. The predicted octanol–water partition coefficient (Wildman–Crippen LogP) is 1.86. The van der Waals surface area contributed by atoms with Gasteiger partial charge in [0, 0.05) is 31.7 Å². The molecule has 0 radical (unpaired) electrons. The molecule has 2 rings (SSSR count). The zero-order chi connectivity index (χ0) is 9.97. The van der Waals surface area contributed by atoms with Crippen LogP contribution in [0.25, 0.3) is 0 Å². The zero-order valence-corrected chi connectivity index (χ0v) is 9.63. The maximum Gasteiger partial charge on any atom is 0.0195 e. The molecule has 2 unspecified atom stereocenters. The van der Waals surface area contributed by atoms with E-state index in [4.69, 9.17) is 0 Å². The minimum Gasteiger partial charge on any atom is -0.314 e. The number of hydrogen-bond acceptors (Lipinski definition) is 2. The molecule has 0 amide bonds. The van der Waals surface area contributed by atoms with Gasteiger partial charge in [0.25, 0.3) is 0 Å². The summed E-state index contributed by atoms with van der Waals surface area (Å²) in [6.07, 6.45) is 5.76. The van der Waals surface area contributed by atoms with Gasteiger partial charge in [0.1, 0.15) is 0 Å². The van der Waals surface area contributed by atoms with E-state index in [9.17, 15) is 0 Å². The monoisotopic (exact) mass is 196 g/mol. The average Bonchev–Trinajstić information content (AvgIpc) is 2.67. The van der Waals surface area contributed by atoms with E-state index in [1.165, 1.54) is 45.3 Å². The maximum atomic E-state index is 3.47. The highest BCUT2D eigenvalue weighted by Gasteiger charge is 2.31. The molecule has 0 aromatic carbocycles. The fourth-order valence-corrected chi connectivity index (χ4v) is 3.12. The Morgan fingerprint density at radius 3 is 2.86 bits per heavy atom. The van der Waals surface area contributed by atoms with Crippen LogP contribution < -0.4 is 5.32 Å². The highest BCUT2D eigenvalue weighted by molar-refractivity contribution is 4.87. The quantitative estimate of drug-likeness (QED) is 0.725. The van der Waals surface area contributed by atoms with E-state index in [2.05, 4.69) is 24.1 Å². The summed E-state index contributed by atoms with van der Waals surface area (Å²) in [5, 5.41) is 3.47. The van der Waals surface area contributed by atoms with Crippen LogP contribution in [-0.4, -0.2) is 36.6 Å². The van der Waals surface area contributed by atoms with E-state index in [0.717, 1.165) is 18.0 Å². The summed E-state index contributed by atoms with van der Waals surface area (Å²) in [5.41, 5.74) is 0. The van der Waals surface area contributed by atoms with Crippen LogP contribution in [0, 0.1) is 5.92 Å². The minimum atomic E-state index is 0.754. The van der Waals surface area contributed by atoms with Crippen LogP contribution in [-0.2, 0) is 0 Å². The van der Waals surface area contributed by atoms with E-state index < -0.39 is 0 Å². The van der Waals surface area contributed by atoms with E-state index >= 15 is 0 Å². The first-order valence-electron chi connectivity index (χ1n) is 6.27. The summed E-state index contributed by atoms with van der Waals surface area (Å²) < 4.78 is 0. The Morgan fingerprint density at radius 1 is 1.36 bits per heavy atom. The molecule has 1 aliphatic heterocycles. The Balaban J connectivity index is 1.88. The van der Waals surface area contributed by atoms with E-state index in [1.807, 2.05) is 0 Å². The summed E-state index contributed by atoms with van der Waals surface area (Å²) in [6.45, 7) is 8.35. The van der Waals surface area contributed by atoms with Gasteiger partial charge in [0.05, 0.1) is 0 Å². The van der Waals surface area contributed by atoms with Crippen LogP contribution in [0.5, 0.6) is 0 Å². The molecule has 14 heavy (non-hydrogen) atoms. The van der Waals surface area contributed by atoms with Crippen molar-refractivity contribution in [1.82, 2.24) is 10.2 Å². The standard InChI is InChI=1S/C12H24N2/c1-3-11-4-5-12(8-11)14-7-6-13-9-10(14)2/h10-13H,3-9H2,1-2H3/t10-,11?,12?/m1/s1.